The summed E-state index contributed by atoms with van der Waals surface area (Å²) in [5.41, 5.74) is -6.83. The molecule has 0 radical (unpaired) electrons. The third-order valence-electron chi connectivity index (χ3n) is 9.74. The lowest BCUT2D eigenvalue weighted by atomic mass is 9.40. The van der Waals surface area contributed by atoms with Gasteiger partial charge in [0, 0.05) is 0 Å². The zero-order valence-electron chi connectivity index (χ0n) is 16.6. The molecule has 9 atom stereocenters. The number of aliphatic hydroxyl groups is 5. The van der Waals surface area contributed by atoms with Gasteiger partial charge in [-0.3, -0.25) is 4.79 Å². The van der Waals surface area contributed by atoms with Crippen LogP contribution >= 0.6 is 0 Å². The molecule has 0 bridgehead atoms. The number of fused-ring (bicyclic) bond motifs is 5. The number of hydrogen-bond acceptors (Lipinski definition) is 6. The molecule has 4 fully saturated rings. The van der Waals surface area contributed by atoms with Gasteiger partial charge in [0.05, 0.1) is 23.2 Å². The van der Waals surface area contributed by atoms with E-state index in [1.54, 1.807) is 6.92 Å². The maximum absolute atomic E-state index is 12.3. The molecule has 4 saturated carbocycles. The molecule has 0 aromatic heterocycles. The highest BCUT2D eigenvalue weighted by molar-refractivity contribution is 5.87. The molecule has 27 heavy (non-hydrogen) atoms. The van der Waals surface area contributed by atoms with Crippen molar-refractivity contribution in [2.45, 2.75) is 101 Å². The maximum atomic E-state index is 12.3. The number of aliphatic hydroxyl groups excluding tert-OH is 2. The molecule has 0 aromatic carbocycles. The van der Waals surface area contributed by atoms with Crippen LogP contribution in [0.15, 0.2) is 0 Å². The summed E-state index contributed by atoms with van der Waals surface area (Å²) in [7, 11) is 0. The van der Waals surface area contributed by atoms with E-state index < -0.39 is 34.1 Å². The minimum absolute atomic E-state index is 0.0419. The quantitative estimate of drug-likeness (QED) is 0.460. The molecule has 4 aliphatic carbocycles. The lowest BCUT2D eigenvalue weighted by Crippen LogP contribution is -2.78. The van der Waals surface area contributed by atoms with E-state index in [2.05, 4.69) is 6.92 Å². The molecule has 0 amide bonds. The Morgan fingerprint density at radius 3 is 2.22 bits per heavy atom. The molecule has 0 saturated heterocycles. The van der Waals surface area contributed by atoms with Crippen molar-refractivity contribution in [2.24, 2.45) is 22.7 Å². The van der Waals surface area contributed by atoms with E-state index in [-0.39, 0.29) is 42.6 Å². The first-order valence-corrected chi connectivity index (χ1v) is 10.4. The predicted molar refractivity (Wildman–Crippen MR) is 97.7 cm³/mol. The summed E-state index contributed by atoms with van der Waals surface area (Å²) >= 11 is 0. The first kappa shape index (κ1) is 19.8. The highest BCUT2D eigenvalue weighted by Gasteiger charge is 2.80. The van der Waals surface area contributed by atoms with E-state index in [1.165, 1.54) is 6.92 Å². The second-order valence-corrected chi connectivity index (χ2v) is 10.4. The van der Waals surface area contributed by atoms with Gasteiger partial charge >= 0.3 is 0 Å². The predicted octanol–water partition coefficient (Wildman–Crippen LogP) is 0.911. The second kappa shape index (κ2) is 5.54. The fraction of sp³-hybridized carbons (Fsp3) is 0.952. The van der Waals surface area contributed by atoms with E-state index in [1.807, 2.05) is 0 Å². The van der Waals surface area contributed by atoms with E-state index in [0.29, 0.717) is 25.7 Å². The first-order chi connectivity index (χ1) is 12.4. The summed E-state index contributed by atoms with van der Waals surface area (Å²) in [6.45, 7) is 4.98. The largest absolute Gasteiger partial charge is 0.393 e. The van der Waals surface area contributed by atoms with Crippen LogP contribution in [0.25, 0.3) is 0 Å². The summed E-state index contributed by atoms with van der Waals surface area (Å²) in [5, 5.41) is 56.3. The van der Waals surface area contributed by atoms with E-state index in [0.717, 1.165) is 6.42 Å². The van der Waals surface area contributed by atoms with Crippen LogP contribution in [0.2, 0.25) is 0 Å². The third kappa shape index (κ3) is 2.01. The van der Waals surface area contributed by atoms with Crippen molar-refractivity contribution in [3.63, 3.8) is 0 Å². The molecule has 6 heteroatoms. The first-order valence-electron chi connectivity index (χ1n) is 10.4. The van der Waals surface area contributed by atoms with E-state index in [4.69, 9.17) is 0 Å². The summed E-state index contributed by atoms with van der Waals surface area (Å²) in [5.74, 6) is -0.568. The molecule has 4 rings (SSSR count). The molecule has 4 aliphatic rings. The van der Waals surface area contributed by atoms with Crippen molar-refractivity contribution >= 4 is 5.78 Å². The van der Waals surface area contributed by atoms with Crippen LogP contribution in [0, 0.1) is 22.7 Å². The van der Waals surface area contributed by atoms with Gasteiger partial charge in [-0.25, -0.2) is 0 Å². The van der Waals surface area contributed by atoms with Crippen molar-refractivity contribution in [1.82, 2.24) is 0 Å². The summed E-state index contributed by atoms with van der Waals surface area (Å²) in [6, 6.07) is 0. The number of rotatable bonds is 1. The fourth-order valence-electron chi connectivity index (χ4n) is 7.82. The van der Waals surface area contributed by atoms with Gasteiger partial charge in [-0.05, 0) is 75.5 Å². The van der Waals surface area contributed by atoms with Crippen LogP contribution in [0.1, 0.15) is 72.1 Å². The van der Waals surface area contributed by atoms with Crippen LogP contribution in [0.3, 0.4) is 0 Å². The minimum Gasteiger partial charge on any atom is -0.393 e. The van der Waals surface area contributed by atoms with Crippen molar-refractivity contribution in [3.05, 3.63) is 0 Å². The average Bonchev–Trinajstić information content (AvgIpc) is 2.83. The average molecular weight is 382 g/mol. The zero-order chi connectivity index (χ0) is 20.0. The van der Waals surface area contributed by atoms with Crippen LogP contribution < -0.4 is 0 Å². The standard InChI is InChI=1S/C21H34O6/c1-12(22)19(25)8-9-21(27)18(19,3)16(24)11-15-17(2)6-5-14(23)10-13(17)4-7-20(15,21)26/h13-16,23-27H,4-11H2,1-3H3/t13-,14-,15+,16+,17-,18+,19+,20-,21+/m0/s1. The monoisotopic (exact) mass is 382 g/mol. The number of carbonyl (C=O) groups is 1. The molecular formula is C21H34O6. The van der Waals surface area contributed by atoms with Crippen molar-refractivity contribution in [3.8, 4) is 0 Å². The Labute approximate surface area is 160 Å². The van der Waals surface area contributed by atoms with Crippen molar-refractivity contribution < 1.29 is 30.3 Å². The van der Waals surface area contributed by atoms with Gasteiger partial charge in [0.1, 0.15) is 11.2 Å². The van der Waals surface area contributed by atoms with E-state index in [9.17, 15) is 30.3 Å². The Bertz CT molecular complexity index is 667. The summed E-state index contributed by atoms with van der Waals surface area (Å²) in [4.78, 5) is 12.3. The zero-order valence-corrected chi connectivity index (χ0v) is 16.6. The Kier molecular flexibility index (Phi) is 4.06. The van der Waals surface area contributed by atoms with Gasteiger partial charge in [-0.15, -0.1) is 0 Å². The van der Waals surface area contributed by atoms with Gasteiger partial charge < -0.3 is 25.5 Å². The number of hydrogen-bond donors (Lipinski definition) is 5. The Morgan fingerprint density at radius 2 is 1.59 bits per heavy atom. The minimum atomic E-state index is -1.84. The van der Waals surface area contributed by atoms with Gasteiger partial charge in [0.25, 0.3) is 0 Å². The Morgan fingerprint density at radius 1 is 0.926 bits per heavy atom. The fourth-order valence-corrected chi connectivity index (χ4v) is 7.82. The SMILES string of the molecule is CC(=O)[C@]1(O)CC[C@@]2(O)[C@]1(C)[C@H](O)C[C@@H]1[C@@]3(C)CC[C@H](O)C[C@@H]3CC[C@]12O. The third-order valence-corrected chi connectivity index (χ3v) is 9.74. The van der Waals surface area contributed by atoms with Gasteiger partial charge in [0.2, 0.25) is 0 Å². The van der Waals surface area contributed by atoms with Gasteiger partial charge in [-0.1, -0.05) is 13.8 Å². The number of Topliss-reactive ketones (excluding diaryl/α,β-unsaturated/α-hetero) is 1. The number of carbonyl (C=O) groups excluding carboxylic acids is 1. The van der Waals surface area contributed by atoms with Gasteiger partial charge in [-0.2, -0.15) is 0 Å². The molecule has 0 aromatic rings. The summed E-state index contributed by atoms with van der Waals surface area (Å²) < 4.78 is 0. The van der Waals surface area contributed by atoms with Crippen molar-refractivity contribution in [1.29, 1.82) is 0 Å². The molecule has 154 valence electrons. The molecule has 0 spiro atoms. The lowest BCUT2D eigenvalue weighted by molar-refractivity contribution is -0.331. The van der Waals surface area contributed by atoms with Gasteiger partial charge in [0.15, 0.2) is 5.78 Å². The Balaban J connectivity index is 1.83. The van der Waals surface area contributed by atoms with Crippen LogP contribution in [-0.4, -0.2) is 60.3 Å². The van der Waals surface area contributed by atoms with E-state index >= 15 is 0 Å². The van der Waals surface area contributed by atoms with Crippen molar-refractivity contribution in [2.75, 3.05) is 0 Å². The molecule has 5 N–H and O–H groups in total. The highest BCUT2D eigenvalue weighted by Crippen LogP contribution is 2.71. The van der Waals surface area contributed by atoms with Crippen LogP contribution in [0.4, 0.5) is 0 Å². The molecule has 0 heterocycles. The summed E-state index contributed by atoms with van der Waals surface area (Å²) in [6.07, 6.45) is 2.08. The maximum Gasteiger partial charge on any atom is 0.162 e. The van der Waals surface area contributed by atoms with Crippen LogP contribution in [-0.2, 0) is 4.79 Å². The topological polar surface area (TPSA) is 118 Å². The van der Waals surface area contributed by atoms with Crippen LogP contribution in [0.5, 0.6) is 0 Å². The highest BCUT2D eigenvalue weighted by atomic mass is 16.4. The smallest absolute Gasteiger partial charge is 0.162 e. The lowest BCUT2D eigenvalue weighted by Gasteiger charge is -2.68. The number of ketones is 1. The Hall–Kier alpha value is -0.530. The second-order valence-electron chi connectivity index (χ2n) is 10.4. The molecular weight excluding hydrogens is 348 g/mol. The normalized spacial score (nSPS) is 60.3. The molecule has 0 aliphatic heterocycles. The molecule has 6 nitrogen and oxygen atoms in total. The molecule has 0 unspecified atom stereocenters.